The molecular weight excluding hydrogens is 584 g/mol. The van der Waals surface area contributed by atoms with E-state index < -0.39 is 0 Å². The highest BCUT2D eigenvalue weighted by Crippen LogP contribution is 2.32. The van der Waals surface area contributed by atoms with Crippen LogP contribution in [0, 0.1) is 13.8 Å². The van der Waals surface area contributed by atoms with E-state index in [1.165, 1.54) is 54.7 Å². The Bertz CT molecular complexity index is 1580. The number of carbonyl (C=O) groups excluding carboxylic acids is 2. The molecule has 3 aromatic rings. The van der Waals surface area contributed by atoms with Crippen LogP contribution in [-0.2, 0) is 28.9 Å². The summed E-state index contributed by atoms with van der Waals surface area (Å²) < 4.78 is 5.35. The number of nitrogens with one attached hydrogen (secondary N) is 1. The minimum absolute atomic E-state index is 0.0246. The zero-order valence-electron chi connectivity index (χ0n) is 28.2. The second kappa shape index (κ2) is 18.1. The molecule has 47 heavy (non-hydrogen) atoms. The van der Waals surface area contributed by atoms with Crippen LogP contribution in [0.15, 0.2) is 90.2 Å². The number of unbranched alkanes of at least 4 members (excludes halogenated alkanes) is 5. The number of ether oxygens (including phenoxy) is 1. The van der Waals surface area contributed by atoms with E-state index in [2.05, 4.69) is 67.7 Å². The van der Waals surface area contributed by atoms with E-state index in [0.29, 0.717) is 18.6 Å². The van der Waals surface area contributed by atoms with E-state index in [0.717, 1.165) is 54.4 Å². The quantitative estimate of drug-likeness (QED) is 0.0744. The number of allylic oxidation sites excluding steroid dienone is 3. The Labute approximate surface area is 280 Å². The molecule has 3 aromatic carbocycles. The summed E-state index contributed by atoms with van der Waals surface area (Å²) in [6.07, 6.45) is 16.1. The van der Waals surface area contributed by atoms with Gasteiger partial charge in [0, 0.05) is 12.6 Å². The first-order valence-corrected chi connectivity index (χ1v) is 16.8. The maximum Gasteiger partial charge on any atom is 0.163 e. The van der Waals surface area contributed by atoms with E-state index in [4.69, 9.17) is 10.5 Å². The number of benzene rings is 3. The zero-order valence-corrected chi connectivity index (χ0v) is 28.2. The molecule has 248 valence electrons. The number of hydrogen-bond acceptors (Lipinski definition) is 6. The van der Waals surface area contributed by atoms with Crippen LogP contribution < -0.4 is 15.8 Å². The summed E-state index contributed by atoms with van der Waals surface area (Å²) in [7, 11) is 1.49. The molecule has 0 aliphatic carbocycles. The Hall–Kier alpha value is -4.42. The van der Waals surface area contributed by atoms with Gasteiger partial charge in [-0.25, -0.2) is 0 Å². The SMILES string of the molecule is COc1cc(C=CC(=O)CC(=O)CCCCCCCCc2ccccc2)c(CC2=CNC(N)C(Cc3cc(C)cc(C)c3)=C2)cc1O. The molecule has 6 heteroatoms. The monoisotopic (exact) mass is 634 g/mol. The molecule has 1 heterocycles. The number of phenols is 1. The summed E-state index contributed by atoms with van der Waals surface area (Å²) >= 11 is 0. The van der Waals surface area contributed by atoms with Crippen LogP contribution in [0.4, 0.5) is 0 Å². The lowest BCUT2D eigenvalue weighted by Gasteiger charge is -2.23. The maximum atomic E-state index is 12.7. The first-order chi connectivity index (χ1) is 22.7. The molecule has 0 saturated heterocycles. The lowest BCUT2D eigenvalue weighted by molar-refractivity contribution is -0.124. The van der Waals surface area contributed by atoms with Gasteiger partial charge in [0.05, 0.1) is 19.7 Å². The Morgan fingerprint density at radius 2 is 1.60 bits per heavy atom. The number of dihydropyridines is 1. The summed E-state index contributed by atoms with van der Waals surface area (Å²) in [6, 6.07) is 20.5. The van der Waals surface area contributed by atoms with Gasteiger partial charge >= 0.3 is 0 Å². The van der Waals surface area contributed by atoms with Crippen molar-refractivity contribution < 1.29 is 19.4 Å². The predicted octanol–water partition coefficient (Wildman–Crippen LogP) is 8.02. The van der Waals surface area contributed by atoms with Gasteiger partial charge < -0.3 is 20.9 Å². The minimum atomic E-state index is -0.289. The van der Waals surface area contributed by atoms with Gasteiger partial charge in [-0.2, -0.15) is 0 Å². The van der Waals surface area contributed by atoms with E-state index in [1.54, 1.807) is 18.2 Å². The van der Waals surface area contributed by atoms with Crippen molar-refractivity contribution in [2.24, 2.45) is 5.73 Å². The van der Waals surface area contributed by atoms with Crippen LogP contribution in [0.1, 0.15) is 84.7 Å². The number of phenolic OH excluding ortho intramolecular Hbond substituents is 1. The number of carbonyl (C=O) groups is 2. The number of aryl methyl sites for hydroxylation is 3. The average Bonchev–Trinajstić information content (AvgIpc) is 3.03. The molecule has 1 aliphatic heterocycles. The number of rotatable bonds is 18. The second-order valence-electron chi connectivity index (χ2n) is 12.8. The van der Waals surface area contributed by atoms with E-state index >= 15 is 0 Å². The number of nitrogens with two attached hydrogens (primary N) is 1. The number of aromatic hydroxyl groups is 1. The fourth-order valence-corrected chi connectivity index (χ4v) is 6.19. The normalized spacial score (nSPS) is 14.4. The van der Waals surface area contributed by atoms with Crippen molar-refractivity contribution in [1.29, 1.82) is 0 Å². The topological polar surface area (TPSA) is 102 Å². The summed E-state index contributed by atoms with van der Waals surface area (Å²) in [5.74, 6) is 0.0937. The van der Waals surface area contributed by atoms with Gasteiger partial charge in [0.1, 0.15) is 5.78 Å². The van der Waals surface area contributed by atoms with Crippen molar-refractivity contribution >= 4 is 17.6 Å². The lowest BCUT2D eigenvalue weighted by Crippen LogP contribution is -2.38. The van der Waals surface area contributed by atoms with E-state index in [1.807, 2.05) is 12.3 Å². The molecule has 0 bridgehead atoms. The molecule has 0 amide bonds. The van der Waals surface area contributed by atoms with Crippen molar-refractivity contribution in [2.45, 2.75) is 90.6 Å². The molecule has 1 atom stereocenters. The molecule has 4 rings (SSSR count). The molecule has 6 nitrogen and oxygen atoms in total. The van der Waals surface area contributed by atoms with E-state index in [9.17, 15) is 14.7 Å². The first kappa shape index (κ1) is 35.4. The van der Waals surface area contributed by atoms with Crippen molar-refractivity contribution in [3.63, 3.8) is 0 Å². The van der Waals surface area contributed by atoms with Gasteiger partial charge in [0.2, 0.25) is 0 Å². The van der Waals surface area contributed by atoms with Crippen LogP contribution >= 0.6 is 0 Å². The molecule has 4 N–H and O–H groups in total. The minimum Gasteiger partial charge on any atom is -0.504 e. The highest BCUT2D eigenvalue weighted by molar-refractivity contribution is 6.06. The van der Waals surface area contributed by atoms with Crippen molar-refractivity contribution in [3.8, 4) is 11.5 Å². The Morgan fingerprint density at radius 3 is 2.32 bits per heavy atom. The molecule has 1 unspecified atom stereocenters. The van der Waals surface area contributed by atoms with Crippen LogP contribution in [-0.4, -0.2) is 29.9 Å². The third kappa shape index (κ3) is 11.7. The molecule has 0 fully saturated rings. The highest BCUT2D eigenvalue weighted by atomic mass is 16.5. The van der Waals surface area contributed by atoms with Gasteiger partial charge in [-0.05, 0) is 97.6 Å². The zero-order chi connectivity index (χ0) is 33.6. The summed E-state index contributed by atoms with van der Waals surface area (Å²) in [5.41, 5.74) is 15.1. The lowest BCUT2D eigenvalue weighted by atomic mass is 9.92. The average molecular weight is 635 g/mol. The molecule has 0 spiro atoms. The van der Waals surface area contributed by atoms with Gasteiger partial charge in [-0.15, -0.1) is 0 Å². The van der Waals surface area contributed by atoms with E-state index in [-0.39, 0.29) is 29.9 Å². The Balaban J connectivity index is 1.28. The smallest absolute Gasteiger partial charge is 0.163 e. The fourth-order valence-electron chi connectivity index (χ4n) is 6.19. The largest absolute Gasteiger partial charge is 0.504 e. The van der Waals surface area contributed by atoms with Crippen LogP contribution in [0.2, 0.25) is 0 Å². The van der Waals surface area contributed by atoms with Crippen molar-refractivity contribution in [2.75, 3.05) is 7.11 Å². The van der Waals surface area contributed by atoms with Crippen molar-refractivity contribution in [3.05, 3.63) is 124 Å². The molecule has 0 radical (unpaired) electrons. The Kier molecular flexibility index (Phi) is 13.6. The Morgan fingerprint density at radius 1 is 0.894 bits per heavy atom. The molecule has 1 aliphatic rings. The standard InChI is InChI=1S/C41H50N2O4/c1-29-19-30(2)21-32(20-29)22-36-24-33(28-43-41(36)42)23-35-25-39(46)40(47-3)26-34(35)17-18-38(45)27-37(44)16-12-7-5-4-6-9-13-31-14-10-8-11-15-31/h8,10-11,14-15,17-21,24-26,28,41,43,46H,4-7,9,12-13,16,22-23,27,42H2,1-3H3. The third-order valence-corrected chi connectivity index (χ3v) is 8.58. The molecule has 0 saturated carbocycles. The van der Waals surface area contributed by atoms with Crippen LogP contribution in [0.5, 0.6) is 11.5 Å². The highest BCUT2D eigenvalue weighted by Gasteiger charge is 2.17. The summed E-state index contributed by atoms with van der Waals surface area (Å²) in [5, 5.41) is 13.8. The van der Waals surface area contributed by atoms with Gasteiger partial charge in [0.25, 0.3) is 0 Å². The number of ketones is 2. The van der Waals surface area contributed by atoms with Gasteiger partial charge in [-0.1, -0.05) is 97.5 Å². The molecule has 0 aromatic heterocycles. The fraction of sp³-hybridized carbons (Fsp3) is 0.366. The summed E-state index contributed by atoms with van der Waals surface area (Å²) in [4.78, 5) is 25.3. The van der Waals surface area contributed by atoms with Gasteiger partial charge in [-0.3, -0.25) is 9.59 Å². The summed E-state index contributed by atoms with van der Waals surface area (Å²) in [6.45, 7) is 4.19. The first-order valence-electron chi connectivity index (χ1n) is 16.8. The van der Waals surface area contributed by atoms with Crippen LogP contribution in [0.25, 0.3) is 6.08 Å². The third-order valence-electron chi connectivity index (χ3n) is 8.58. The maximum absolute atomic E-state index is 12.7. The predicted molar refractivity (Wildman–Crippen MR) is 191 cm³/mol. The van der Waals surface area contributed by atoms with Crippen LogP contribution in [0.3, 0.4) is 0 Å². The number of methoxy groups -OCH3 is 1. The molecular formula is C41H50N2O4. The second-order valence-corrected chi connectivity index (χ2v) is 12.8. The van der Waals surface area contributed by atoms with Gasteiger partial charge in [0.15, 0.2) is 17.3 Å². The number of hydrogen-bond donors (Lipinski definition) is 3. The number of Topliss-reactive ketones (excluding diaryl/α,β-unsaturated/α-hetero) is 1. The van der Waals surface area contributed by atoms with Crippen molar-refractivity contribution in [1.82, 2.24) is 5.32 Å².